The predicted octanol–water partition coefficient (Wildman–Crippen LogP) is -0.448. The van der Waals surface area contributed by atoms with E-state index in [2.05, 4.69) is 12.2 Å². The molecule has 1 aliphatic heterocycles. The van der Waals surface area contributed by atoms with Gasteiger partial charge in [0.15, 0.2) is 6.54 Å². The lowest BCUT2D eigenvalue weighted by Crippen LogP contribution is -3.15. The van der Waals surface area contributed by atoms with E-state index in [1.54, 1.807) is 17.5 Å². The van der Waals surface area contributed by atoms with Crippen molar-refractivity contribution in [3.05, 3.63) is 17.5 Å². The van der Waals surface area contributed by atoms with Gasteiger partial charge in [-0.2, -0.15) is 4.31 Å². The molecule has 2 heterocycles. The van der Waals surface area contributed by atoms with Crippen molar-refractivity contribution < 1.29 is 18.1 Å². The highest BCUT2D eigenvalue weighted by Gasteiger charge is 2.33. The lowest BCUT2D eigenvalue weighted by atomic mass is 10.2. The zero-order chi connectivity index (χ0) is 16.4. The maximum atomic E-state index is 12.5. The van der Waals surface area contributed by atoms with Crippen molar-refractivity contribution in [1.29, 1.82) is 0 Å². The van der Waals surface area contributed by atoms with Crippen molar-refractivity contribution in [2.75, 3.05) is 32.7 Å². The Morgan fingerprint density at radius 2 is 2.13 bits per heavy atom. The Morgan fingerprint density at radius 1 is 1.43 bits per heavy atom. The number of amides is 1. The summed E-state index contributed by atoms with van der Waals surface area (Å²) in [6.07, 6.45) is 2.43. The van der Waals surface area contributed by atoms with Gasteiger partial charge in [-0.3, -0.25) is 4.79 Å². The highest BCUT2D eigenvalue weighted by Crippen LogP contribution is 2.32. The van der Waals surface area contributed by atoms with Gasteiger partial charge in [0.25, 0.3) is 15.9 Å². The maximum Gasteiger partial charge on any atom is 0.275 e. The molecule has 1 aromatic heterocycles. The van der Waals surface area contributed by atoms with Gasteiger partial charge in [-0.05, 0) is 37.1 Å². The molecule has 0 unspecified atom stereocenters. The van der Waals surface area contributed by atoms with Gasteiger partial charge in [0.2, 0.25) is 0 Å². The van der Waals surface area contributed by atoms with Gasteiger partial charge in [-0.15, -0.1) is 11.3 Å². The first kappa shape index (κ1) is 16.9. The van der Waals surface area contributed by atoms with Crippen LogP contribution >= 0.6 is 11.3 Å². The van der Waals surface area contributed by atoms with Gasteiger partial charge in [-0.1, -0.05) is 6.07 Å². The molecule has 6 nitrogen and oxygen atoms in total. The monoisotopic (exact) mass is 358 g/mol. The molecule has 2 fully saturated rings. The quantitative estimate of drug-likeness (QED) is 0.724. The summed E-state index contributed by atoms with van der Waals surface area (Å²) in [6, 6.07) is 3.67. The lowest BCUT2D eigenvalue weighted by Gasteiger charge is -2.31. The van der Waals surface area contributed by atoms with Crippen LogP contribution in [0, 0.1) is 5.92 Å². The largest absolute Gasteiger partial charge is 0.348 e. The summed E-state index contributed by atoms with van der Waals surface area (Å²) in [6.45, 7) is 4.80. The second-order valence-electron chi connectivity index (χ2n) is 6.46. The molecule has 3 rings (SSSR count). The molecule has 23 heavy (non-hydrogen) atoms. The van der Waals surface area contributed by atoms with Crippen molar-refractivity contribution in [1.82, 2.24) is 9.62 Å². The lowest BCUT2D eigenvalue weighted by molar-refractivity contribution is -0.895. The van der Waals surface area contributed by atoms with Crippen molar-refractivity contribution in [2.45, 2.75) is 30.0 Å². The normalized spacial score (nSPS) is 22.0. The van der Waals surface area contributed by atoms with E-state index < -0.39 is 10.0 Å². The number of piperazine rings is 1. The average molecular weight is 359 g/mol. The minimum absolute atomic E-state index is 0.0777. The standard InChI is InChI=1S/C15H23N3O3S2/c1-12(13-4-5-13)16-14(19)11-17-6-8-18(9-7-17)23(20,21)15-3-2-10-22-15/h2-3,10,12-13H,4-9,11H2,1H3,(H,16,19)/p+1/t12-/m1/s1. The van der Waals surface area contributed by atoms with E-state index in [9.17, 15) is 13.2 Å². The number of rotatable bonds is 6. The fourth-order valence-corrected chi connectivity index (χ4v) is 5.59. The topological polar surface area (TPSA) is 70.9 Å². The Kier molecular flexibility index (Phi) is 5.05. The number of carbonyl (C=O) groups excluding carboxylic acids is 1. The first-order valence-corrected chi connectivity index (χ1v) is 10.5. The summed E-state index contributed by atoms with van der Waals surface area (Å²) in [5, 5.41) is 4.84. The van der Waals surface area contributed by atoms with Gasteiger partial charge in [0, 0.05) is 6.04 Å². The van der Waals surface area contributed by atoms with Gasteiger partial charge in [-0.25, -0.2) is 8.42 Å². The van der Waals surface area contributed by atoms with E-state index >= 15 is 0 Å². The third kappa shape index (κ3) is 4.12. The van der Waals surface area contributed by atoms with Crippen LogP contribution in [0.25, 0.3) is 0 Å². The summed E-state index contributed by atoms with van der Waals surface area (Å²) in [5.41, 5.74) is 0. The van der Waals surface area contributed by atoms with Crippen molar-refractivity contribution in [2.24, 2.45) is 5.92 Å². The predicted molar refractivity (Wildman–Crippen MR) is 89.0 cm³/mol. The van der Waals surface area contributed by atoms with Crippen LogP contribution in [0.15, 0.2) is 21.7 Å². The van der Waals surface area contributed by atoms with Gasteiger partial charge in [0.1, 0.15) is 4.21 Å². The molecule has 1 aliphatic carbocycles. The molecule has 1 atom stereocenters. The Bertz CT molecular complexity index is 633. The van der Waals surface area contributed by atoms with Crippen LogP contribution in [0.1, 0.15) is 19.8 Å². The van der Waals surface area contributed by atoms with Gasteiger partial charge in [0.05, 0.1) is 26.2 Å². The van der Waals surface area contributed by atoms with E-state index in [0.717, 1.165) is 4.90 Å². The second kappa shape index (κ2) is 6.88. The molecule has 1 saturated carbocycles. The van der Waals surface area contributed by atoms with Crippen LogP contribution in [0.2, 0.25) is 0 Å². The van der Waals surface area contributed by atoms with Crippen LogP contribution in [0.4, 0.5) is 0 Å². The number of nitrogens with zero attached hydrogens (tertiary/aromatic N) is 1. The van der Waals surface area contributed by atoms with Crippen LogP contribution in [0.5, 0.6) is 0 Å². The fraction of sp³-hybridized carbons (Fsp3) is 0.667. The Labute approximate surface area is 141 Å². The molecule has 2 aliphatic rings. The summed E-state index contributed by atoms with van der Waals surface area (Å²) in [4.78, 5) is 13.2. The summed E-state index contributed by atoms with van der Waals surface area (Å²) >= 11 is 1.25. The number of thiophene rings is 1. The van der Waals surface area contributed by atoms with Crippen molar-refractivity contribution in [3.8, 4) is 0 Å². The van der Waals surface area contributed by atoms with E-state index in [-0.39, 0.29) is 11.9 Å². The van der Waals surface area contributed by atoms with E-state index in [1.807, 2.05) is 0 Å². The Balaban J connectivity index is 1.47. The first-order chi connectivity index (χ1) is 11.0. The van der Waals surface area contributed by atoms with E-state index in [0.29, 0.717) is 42.9 Å². The Hall–Kier alpha value is -0.960. The van der Waals surface area contributed by atoms with E-state index in [4.69, 9.17) is 0 Å². The van der Waals surface area contributed by atoms with Gasteiger partial charge < -0.3 is 10.2 Å². The minimum Gasteiger partial charge on any atom is -0.348 e. The summed E-state index contributed by atoms with van der Waals surface area (Å²) in [7, 11) is -3.35. The highest BCUT2D eigenvalue weighted by atomic mass is 32.2. The molecule has 1 amide bonds. The summed E-state index contributed by atoms with van der Waals surface area (Å²) < 4.78 is 26.8. The highest BCUT2D eigenvalue weighted by molar-refractivity contribution is 7.91. The van der Waals surface area contributed by atoms with Crippen LogP contribution < -0.4 is 10.2 Å². The molecule has 0 bridgehead atoms. The number of quaternary nitrogens is 1. The molecule has 1 saturated heterocycles. The van der Waals surface area contributed by atoms with E-state index in [1.165, 1.54) is 28.5 Å². The number of sulfonamides is 1. The SMILES string of the molecule is C[C@@H](NC(=O)C[NH+]1CCN(S(=O)(=O)c2cccs2)CC1)C1CC1. The molecule has 0 spiro atoms. The molecule has 0 radical (unpaired) electrons. The number of carbonyl (C=O) groups is 1. The number of hydrogen-bond donors (Lipinski definition) is 2. The smallest absolute Gasteiger partial charge is 0.275 e. The minimum atomic E-state index is -3.35. The second-order valence-corrected chi connectivity index (χ2v) is 9.57. The molecule has 8 heteroatoms. The molecule has 1 aromatic rings. The van der Waals surface area contributed by atoms with Crippen LogP contribution in [-0.2, 0) is 14.8 Å². The molecular formula is C15H24N3O3S2+. The van der Waals surface area contributed by atoms with Crippen molar-refractivity contribution in [3.63, 3.8) is 0 Å². The third-order valence-corrected chi connectivity index (χ3v) is 7.92. The molecule has 0 aromatic carbocycles. The average Bonchev–Trinajstić information content (AvgIpc) is 3.22. The molecule has 128 valence electrons. The molecular weight excluding hydrogens is 334 g/mol. The number of hydrogen-bond acceptors (Lipinski definition) is 4. The Morgan fingerprint density at radius 3 is 2.70 bits per heavy atom. The van der Waals surface area contributed by atoms with Crippen molar-refractivity contribution >= 4 is 27.3 Å². The van der Waals surface area contributed by atoms with Crippen LogP contribution in [-0.4, -0.2) is 57.4 Å². The van der Waals surface area contributed by atoms with Gasteiger partial charge >= 0.3 is 0 Å². The molecule has 2 N–H and O–H groups in total. The zero-order valence-electron chi connectivity index (χ0n) is 13.3. The van der Waals surface area contributed by atoms with Crippen LogP contribution in [0.3, 0.4) is 0 Å². The number of nitrogens with one attached hydrogen (secondary N) is 2. The maximum absolute atomic E-state index is 12.5. The fourth-order valence-electron chi connectivity index (χ4n) is 3.00. The third-order valence-electron chi connectivity index (χ3n) is 4.65. The first-order valence-electron chi connectivity index (χ1n) is 8.13. The zero-order valence-corrected chi connectivity index (χ0v) is 15.0. The summed E-state index contributed by atoms with van der Waals surface area (Å²) in [5.74, 6) is 0.732.